The molecule has 0 bridgehead atoms. The molecule has 0 aromatic carbocycles. The maximum atomic E-state index is 9.76. The molecule has 1 aliphatic heterocycles. The van der Waals surface area contributed by atoms with Crippen LogP contribution >= 0.6 is 0 Å². The minimum atomic E-state index is -0.856. The van der Waals surface area contributed by atoms with Gasteiger partial charge in [0.05, 0.1) is 6.61 Å². The van der Waals surface area contributed by atoms with Crippen molar-refractivity contribution in [1.29, 1.82) is 0 Å². The first-order valence-electron chi connectivity index (χ1n) is 3.91. The molecule has 2 nitrogen and oxygen atoms in total. The Morgan fingerprint density at radius 3 is 2.82 bits per heavy atom. The monoisotopic (exact) mass is 154 g/mol. The van der Waals surface area contributed by atoms with Crippen LogP contribution < -0.4 is 0 Å². The Kier molecular flexibility index (Phi) is 2.53. The molecule has 1 N–H and O–H groups in total. The number of rotatable bonds is 1. The lowest BCUT2D eigenvalue weighted by molar-refractivity contribution is 0.0475. The average Bonchev–Trinajstić information content (AvgIpc) is 2.37. The zero-order chi connectivity index (χ0) is 8.32. The lowest BCUT2D eigenvalue weighted by Gasteiger charge is -2.22. The molecule has 2 heteroatoms. The molecule has 0 radical (unpaired) electrons. The van der Waals surface area contributed by atoms with Crippen LogP contribution in [-0.4, -0.2) is 23.9 Å². The van der Waals surface area contributed by atoms with Crippen molar-refractivity contribution < 1.29 is 9.84 Å². The topological polar surface area (TPSA) is 29.5 Å². The van der Waals surface area contributed by atoms with Crippen molar-refractivity contribution in [1.82, 2.24) is 0 Å². The summed E-state index contributed by atoms with van der Waals surface area (Å²) in [4.78, 5) is 0. The minimum Gasteiger partial charge on any atom is -0.381 e. The van der Waals surface area contributed by atoms with Crippen molar-refractivity contribution in [2.24, 2.45) is 5.92 Å². The number of hydrogen-bond donors (Lipinski definition) is 1. The highest BCUT2D eigenvalue weighted by atomic mass is 16.5. The lowest BCUT2D eigenvalue weighted by Crippen LogP contribution is -2.33. The Morgan fingerprint density at radius 1 is 1.64 bits per heavy atom. The molecular weight excluding hydrogens is 140 g/mol. The molecule has 2 atom stereocenters. The quantitative estimate of drug-likeness (QED) is 0.566. The number of aliphatic hydroxyl groups is 1. The fourth-order valence-corrected chi connectivity index (χ4v) is 1.33. The minimum absolute atomic E-state index is 0.190. The van der Waals surface area contributed by atoms with Gasteiger partial charge >= 0.3 is 0 Å². The molecule has 1 rings (SSSR count). The van der Waals surface area contributed by atoms with Gasteiger partial charge in [-0.05, 0) is 20.3 Å². The van der Waals surface area contributed by atoms with Crippen LogP contribution in [0.1, 0.15) is 20.3 Å². The summed E-state index contributed by atoms with van der Waals surface area (Å²) in [7, 11) is 0. The zero-order valence-corrected chi connectivity index (χ0v) is 7.05. The van der Waals surface area contributed by atoms with Gasteiger partial charge < -0.3 is 9.84 Å². The van der Waals surface area contributed by atoms with Crippen molar-refractivity contribution in [3.8, 4) is 11.8 Å². The normalized spacial score (nSPS) is 28.8. The summed E-state index contributed by atoms with van der Waals surface area (Å²) < 4.78 is 5.16. The van der Waals surface area contributed by atoms with Crippen LogP contribution in [0.4, 0.5) is 0 Å². The van der Waals surface area contributed by atoms with E-state index in [1.165, 1.54) is 0 Å². The SMILES string of the molecule is CC#CC(C)(O)C1CCOC1. The Balaban J connectivity index is 2.60. The summed E-state index contributed by atoms with van der Waals surface area (Å²) in [6, 6.07) is 0. The van der Waals surface area contributed by atoms with Gasteiger partial charge in [0.1, 0.15) is 5.60 Å². The van der Waals surface area contributed by atoms with E-state index in [0.29, 0.717) is 6.61 Å². The Bertz CT molecular complexity index is 179. The van der Waals surface area contributed by atoms with Gasteiger partial charge in [-0.15, -0.1) is 5.92 Å². The second kappa shape index (κ2) is 3.25. The molecule has 0 aliphatic carbocycles. The van der Waals surface area contributed by atoms with Gasteiger partial charge in [0.2, 0.25) is 0 Å². The summed E-state index contributed by atoms with van der Waals surface area (Å²) >= 11 is 0. The molecule has 1 aliphatic rings. The fraction of sp³-hybridized carbons (Fsp3) is 0.778. The van der Waals surface area contributed by atoms with Crippen LogP contribution in [0, 0.1) is 17.8 Å². The summed E-state index contributed by atoms with van der Waals surface area (Å²) in [6.07, 6.45) is 0.918. The Labute approximate surface area is 67.6 Å². The first-order chi connectivity index (χ1) is 5.17. The highest BCUT2D eigenvalue weighted by Crippen LogP contribution is 2.24. The van der Waals surface area contributed by atoms with Crippen molar-refractivity contribution >= 4 is 0 Å². The van der Waals surface area contributed by atoms with E-state index < -0.39 is 5.60 Å². The highest BCUT2D eigenvalue weighted by molar-refractivity contribution is 5.13. The molecule has 1 saturated heterocycles. The third-order valence-corrected chi connectivity index (χ3v) is 2.10. The summed E-state index contributed by atoms with van der Waals surface area (Å²) in [5.74, 6) is 5.71. The maximum absolute atomic E-state index is 9.76. The van der Waals surface area contributed by atoms with E-state index in [9.17, 15) is 5.11 Å². The molecule has 0 saturated carbocycles. The second-order valence-electron chi connectivity index (χ2n) is 3.08. The van der Waals surface area contributed by atoms with E-state index in [2.05, 4.69) is 11.8 Å². The van der Waals surface area contributed by atoms with Gasteiger partial charge in [0.15, 0.2) is 0 Å². The largest absolute Gasteiger partial charge is 0.381 e. The zero-order valence-electron chi connectivity index (χ0n) is 7.05. The van der Waals surface area contributed by atoms with E-state index in [0.717, 1.165) is 13.0 Å². The first-order valence-corrected chi connectivity index (χ1v) is 3.91. The van der Waals surface area contributed by atoms with Crippen LogP contribution in [-0.2, 0) is 4.74 Å². The molecule has 1 heterocycles. The number of hydrogen-bond acceptors (Lipinski definition) is 2. The first kappa shape index (κ1) is 8.58. The Morgan fingerprint density at radius 2 is 2.36 bits per heavy atom. The van der Waals surface area contributed by atoms with Gasteiger partial charge in [-0.1, -0.05) is 5.92 Å². The van der Waals surface area contributed by atoms with Gasteiger partial charge in [-0.2, -0.15) is 0 Å². The highest BCUT2D eigenvalue weighted by Gasteiger charge is 2.32. The second-order valence-corrected chi connectivity index (χ2v) is 3.08. The van der Waals surface area contributed by atoms with Crippen LogP contribution in [0.25, 0.3) is 0 Å². The van der Waals surface area contributed by atoms with Crippen LogP contribution in [0.3, 0.4) is 0 Å². The van der Waals surface area contributed by atoms with Gasteiger partial charge in [-0.25, -0.2) is 0 Å². The smallest absolute Gasteiger partial charge is 0.127 e. The molecule has 11 heavy (non-hydrogen) atoms. The van der Waals surface area contributed by atoms with Gasteiger partial charge in [-0.3, -0.25) is 0 Å². The molecular formula is C9H14O2. The Hall–Kier alpha value is -0.520. The third-order valence-electron chi connectivity index (χ3n) is 2.10. The summed E-state index contributed by atoms with van der Waals surface area (Å²) in [5, 5.41) is 9.76. The predicted octanol–water partition coefficient (Wildman–Crippen LogP) is 0.797. The average molecular weight is 154 g/mol. The summed E-state index contributed by atoms with van der Waals surface area (Å²) in [6.45, 7) is 4.89. The molecule has 0 aromatic heterocycles. The molecule has 0 aromatic rings. The van der Waals surface area contributed by atoms with Crippen LogP contribution in [0.5, 0.6) is 0 Å². The van der Waals surface area contributed by atoms with E-state index >= 15 is 0 Å². The fourth-order valence-electron chi connectivity index (χ4n) is 1.33. The van der Waals surface area contributed by atoms with E-state index in [1.807, 2.05) is 0 Å². The van der Waals surface area contributed by atoms with Gasteiger partial charge in [0, 0.05) is 12.5 Å². The van der Waals surface area contributed by atoms with Crippen molar-refractivity contribution in [2.75, 3.05) is 13.2 Å². The van der Waals surface area contributed by atoms with Crippen molar-refractivity contribution in [3.63, 3.8) is 0 Å². The van der Waals surface area contributed by atoms with Gasteiger partial charge in [0.25, 0.3) is 0 Å². The number of ether oxygens (including phenoxy) is 1. The molecule has 0 spiro atoms. The standard InChI is InChI=1S/C9H14O2/c1-3-5-9(2,10)8-4-6-11-7-8/h8,10H,4,6-7H2,1-2H3. The molecule has 2 unspecified atom stereocenters. The van der Waals surface area contributed by atoms with Crippen LogP contribution in [0.2, 0.25) is 0 Å². The lowest BCUT2D eigenvalue weighted by atomic mass is 9.89. The van der Waals surface area contributed by atoms with E-state index in [1.54, 1.807) is 13.8 Å². The molecule has 62 valence electrons. The van der Waals surface area contributed by atoms with E-state index in [-0.39, 0.29) is 5.92 Å². The molecule has 1 fully saturated rings. The van der Waals surface area contributed by atoms with E-state index in [4.69, 9.17) is 4.74 Å². The maximum Gasteiger partial charge on any atom is 0.127 e. The third kappa shape index (κ3) is 1.95. The van der Waals surface area contributed by atoms with Crippen molar-refractivity contribution in [3.05, 3.63) is 0 Å². The van der Waals surface area contributed by atoms with Crippen molar-refractivity contribution in [2.45, 2.75) is 25.9 Å². The van der Waals surface area contributed by atoms with Crippen LogP contribution in [0.15, 0.2) is 0 Å². The molecule has 0 amide bonds. The predicted molar refractivity (Wildman–Crippen MR) is 43.0 cm³/mol. The summed E-state index contributed by atoms with van der Waals surface area (Å²) in [5.41, 5.74) is -0.856.